The number of para-hydroxylation sites is 2. The second-order valence-electron chi connectivity index (χ2n) is 5.82. The molecule has 5 nitrogen and oxygen atoms in total. The van der Waals surface area contributed by atoms with Crippen LogP contribution in [0.15, 0.2) is 30.3 Å². The van der Waals surface area contributed by atoms with E-state index in [1.807, 2.05) is 6.07 Å². The number of ether oxygens (including phenoxy) is 2. The molecule has 1 amide bonds. The van der Waals surface area contributed by atoms with Crippen molar-refractivity contribution in [2.24, 2.45) is 0 Å². The van der Waals surface area contributed by atoms with Gasteiger partial charge in [0.25, 0.3) is 5.91 Å². The summed E-state index contributed by atoms with van der Waals surface area (Å²) in [5.74, 6) is -1.36. The number of rotatable bonds is 6. The molecule has 1 aromatic carbocycles. The molecule has 0 bridgehead atoms. The molecule has 0 aliphatic heterocycles. The summed E-state index contributed by atoms with van der Waals surface area (Å²) in [4.78, 5) is 26.1. The maximum Gasteiger partial charge on any atom is 0.387 e. The molecule has 26 heavy (non-hydrogen) atoms. The molecule has 3 rings (SSSR count). The van der Waals surface area contributed by atoms with Crippen LogP contribution in [0, 0.1) is 0 Å². The van der Waals surface area contributed by atoms with Gasteiger partial charge in [-0.05, 0) is 49.9 Å². The molecular weight excluding hydrogens is 364 g/mol. The predicted octanol–water partition coefficient (Wildman–Crippen LogP) is 4.02. The average molecular weight is 381 g/mol. The van der Waals surface area contributed by atoms with Crippen molar-refractivity contribution in [3.63, 3.8) is 0 Å². The first-order valence-electron chi connectivity index (χ1n) is 8.11. The van der Waals surface area contributed by atoms with E-state index in [4.69, 9.17) is 4.74 Å². The van der Waals surface area contributed by atoms with Gasteiger partial charge in [0.15, 0.2) is 6.10 Å². The fourth-order valence-electron chi connectivity index (χ4n) is 2.70. The van der Waals surface area contributed by atoms with Gasteiger partial charge in [0.1, 0.15) is 10.6 Å². The third-order valence-corrected chi connectivity index (χ3v) is 5.18. The highest BCUT2D eigenvalue weighted by Crippen LogP contribution is 2.31. The fraction of sp³-hybridized carbons (Fsp3) is 0.333. The minimum absolute atomic E-state index is 0.0794. The van der Waals surface area contributed by atoms with Crippen molar-refractivity contribution in [2.45, 2.75) is 38.9 Å². The second kappa shape index (κ2) is 7.82. The summed E-state index contributed by atoms with van der Waals surface area (Å²) >= 11 is 1.39. The van der Waals surface area contributed by atoms with Gasteiger partial charge in [-0.2, -0.15) is 8.78 Å². The highest BCUT2D eigenvalue weighted by Gasteiger charge is 2.24. The standard InChI is InChI=1S/C18H17F2NO4S/c1-10(24-17(23)15-9-11-5-4-8-14(11)26-15)16(22)21-12-6-2-3-7-13(12)25-18(19)20/h2-3,6-7,9-10,18H,4-5,8H2,1H3,(H,21,22)/t10-/m0/s1. The Labute approximate surface area is 152 Å². The van der Waals surface area contributed by atoms with E-state index in [0.717, 1.165) is 24.8 Å². The van der Waals surface area contributed by atoms with Gasteiger partial charge in [0, 0.05) is 4.88 Å². The third kappa shape index (κ3) is 4.19. The van der Waals surface area contributed by atoms with Gasteiger partial charge in [-0.15, -0.1) is 11.3 Å². The Morgan fingerprint density at radius 3 is 2.73 bits per heavy atom. The van der Waals surface area contributed by atoms with Crippen molar-refractivity contribution in [3.05, 3.63) is 45.6 Å². The lowest BCUT2D eigenvalue weighted by molar-refractivity contribution is -0.123. The van der Waals surface area contributed by atoms with Crippen LogP contribution < -0.4 is 10.1 Å². The molecule has 1 aliphatic carbocycles. The maximum absolute atomic E-state index is 12.4. The normalized spacial score (nSPS) is 14.0. The van der Waals surface area contributed by atoms with Gasteiger partial charge in [-0.3, -0.25) is 4.79 Å². The largest absolute Gasteiger partial charge is 0.448 e. The monoisotopic (exact) mass is 381 g/mol. The Bertz CT molecular complexity index is 800. The van der Waals surface area contributed by atoms with Crippen LogP contribution in [0.5, 0.6) is 5.75 Å². The summed E-state index contributed by atoms with van der Waals surface area (Å²) in [6.07, 6.45) is 1.93. The van der Waals surface area contributed by atoms with Gasteiger partial charge in [-0.25, -0.2) is 4.79 Å². The quantitative estimate of drug-likeness (QED) is 0.768. The van der Waals surface area contributed by atoms with E-state index in [2.05, 4.69) is 10.1 Å². The summed E-state index contributed by atoms with van der Waals surface area (Å²) in [6, 6.07) is 7.62. The molecule has 0 saturated heterocycles. The van der Waals surface area contributed by atoms with Crippen LogP contribution in [0.2, 0.25) is 0 Å². The molecule has 1 aromatic heterocycles. The first-order valence-corrected chi connectivity index (χ1v) is 8.93. The summed E-state index contributed by atoms with van der Waals surface area (Å²) < 4.78 is 34.4. The number of fused-ring (bicyclic) bond motifs is 1. The summed E-state index contributed by atoms with van der Waals surface area (Å²) in [6.45, 7) is -1.59. The molecular formula is C18H17F2NO4S. The zero-order valence-corrected chi connectivity index (χ0v) is 14.8. The molecule has 0 fully saturated rings. The average Bonchev–Trinajstić information content (AvgIpc) is 3.17. The lowest BCUT2D eigenvalue weighted by Gasteiger charge is -2.15. The van der Waals surface area contributed by atoms with Crippen molar-refractivity contribution in [1.29, 1.82) is 0 Å². The van der Waals surface area contributed by atoms with Crippen LogP contribution in [0.3, 0.4) is 0 Å². The predicted molar refractivity (Wildman–Crippen MR) is 92.9 cm³/mol. The van der Waals surface area contributed by atoms with E-state index in [9.17, 15) is 18.4 Å². The van der Waals surface area contributed by atoms with Crippen LogP contribution in [0.4, 0.5) is 14.5 Å². The van der Waals surface area contributed by atoms with E-state index < -0.39 is 24.6 Å². The number of amides is 1. The van der Waals surface area contributed by atoms with Crippen molar-refractivity contribution < 1.29 is 27.8 Å². The molecule has 8 heteroatoms. The Hall–Kier alpha value is -2.48. The second-order valence-corrected chi connectivity index (χ2v) is 6.96. The molecule has 0 radical (unpaired) electrons. The lowest BCUT2D eigenvalue weighted by atomic mass is 10.2. The van der Waals surface area contributed by atoms with E-state index in [-0.39, 0.29) is 11.4 Å². The Morgan fingerprint density at radius 1 is 1.23 bits per heavy atom. The number of alkyl halides is 2. The minimum Gasteiger partial charge on any atom is -0.448 e. The molecule has 1 aliphatic rings. The number of benzene rings is 1. The Balaban J connectivity index is 1.62. The van der Waals surface area contributed by atoms with Gasteiger partial charge < -0.3 is 14.8 Å². The highest BCUT2D eigenvalue weighted by molar-refractivity contribution is 7.14. The molecule has 138 valence electrons. The van der Waals surface area contributed by atoms with Crippen LogP contribution in [0.25, 0.3) is 0 Å². The minimum atomic E-state index is -3.01. The topological polar surface area (TPSA) is 64.6 Å². The van der Waals surface area contributed by atoms with Crippen molar-refractivity contribution in [1.82, 2.24) is 0 Å². The number of carbonyl (C=O) groups is 2. The van der Waals surface area contributed by atoms with E-state index >= 15 is 0 Å². The van der Waals surface area contributed by atoms with Crippen molar-refractivity contribution in [3.8, 4) is 5.75 Å². The van der Waals surface area contributed by atoms with Crippen LogP contribution in [0.1, 0.15) is 33.5 Å². The van der Waals surface area contributed by atoms with E-state index in [0.29, 0.717) is 4.88 Å². The number of aryl methyl sites for hydroxylation is 2. The summed E-state index contributed by atoms with van der Waals surface area (Å²) in [7, 11) is 0. The number of esters is 1. The third-order valence-electron chi connectivity index (χ3n) is 3.96. The Morgan fingerprint density at radius 2 is 2.00 bits per heavy atom. The lowest BCUT2D eigenvalue weighted by Crippen LogP contribution is -2.30. The van der Waals surface area contributed by atoms with Crippen molar-refractivity contribution >= 4 is 28.9 Å². The van der Waals surface area contributed by atoms with Crippen LogP contribution in [-0.4, -0.2) is 24.6 Å². The van der Waals surface area contributed by atoms with Gasteiger partial charge in [-0.1, -0.05) is 12.1 Å². The molecule has 0 unspecified atom stereocenters. The number of hydrogen-bond acceptors (Lipinski definition) is 5. The number of thiophene rings is 1. The number of carbonyl (C=O) groups excluding carboxylic acids is 2. The van der Waals surface area contributed by atoms with E-state index in [1.54, 1.807) is 6.07 Å². The molecule has 0 saturated carbocycles. The Kier molecular flexibility index (Phi) is 5.51. The van der Waals surface area contributed by atoms with E-state index in [1.165, 1.54) is 41.3 Å². The summed E-state index contributed by atoms with van der Waals surface area (Å²) in [5.41, 5.74) is 1.24. The summed E-state index contributed by atoms with van der Waals surface area (Å²) in [5, 5.41) is 2.44. The fourth-order valence-corrected chi connectivity index (χ4v) is 3.84. The number of anilines is 1. The highest BCUT2D eigenvalue weighted by atomic mass is 32.1. The van der Waals surface area contributed by atoms with Crippen LogP contribution in [-0.2, 0) is 22.4 Å². The first kappa shape index (κ1) is 18.3. The van der Waals surface area contributed by atoms with Gasteiger partial charge >= 0.3 is 12.6 Å². The number of nitrogens with one attached hydrogen (secondary N) is 1. The smallest absolute Gasteiger partial charge is 0.387 e. The molecule has 1 N–H and O–H groups in total. The number of halogens is 2. The molecule has 1 atom stereocenters. The van der Waals surface area contributed by atoms with Gasteiger partial charge in [0.05, 0.1) is 5.69 Å². The van der Waals surface area contributed by atoms with Gasteiger partial charge in [0.2, 0.25) is 0 Å². The number of hydrogen-bond donors (Lipinski definition) is 1. The molecule has 0 spiro atoms. The van der Waals surface area contributed by atoms with Crippen molar-refractivity contribution in [2.75, 3.05) is 5.32 Å². The first-order chi connectivity index (χ1) is 12.4. The molecule has 2 aromatic rings. The zero-order valence-electron chi connectivity index (χ0n) is 14.0. The molecule has 1 heterocycles. The maximum atomic E-state index is 12.4. The van der Waals surface area contributed by atoms with Crippen LogP contribution >= 0.6 is 11.3 Å². The zero-order chi connectivity index (χ0) is 18.7. The SMILES string of the molecule is C[C@H](OC(=O)c1cc2c(s1)CCC2)C(=O)Nc1ccccc1OC(F)F.